The summed E-state index contributed by atoms with van der Waals surface area (Å²) >= 11 is 0. The first-order valence-corrected chi connectivity index (χ1v) is 6.77. The zero-order valence-corrected chi connectivity index (χ0v) is 12.7. The Balaban J connectivity index is 2.74. The summed E-state index contributed by atoms with van der Waals surface area (Å²) in [4.78, 5) is 12.0. The summed E-state index contributed by atoms with van der Waals surface area (Å²) in [6.07, 6.45) is 0.987. The number of carbonyl (C=O) groups excluding carboxylic acids is 1. The van der Waals surface area contributed by atoms with Gasteiger partial charge in [0, 0.05) is 16.5 Å². The Labute approximate surface area is 119 Å². The molecular weight excluding hydrogens is 256 g/mol. The first-order valence-electron chi connectivity index (χ1n) is 6.77. The second-order valence-electron chi connectivity index (χ2n) is 5.87. The monoisotopic (exact) mass is 278 g/mol. The smallest absolute Gasteiger partial charge is 0.162 e. The lowest BCUT2D eigenvalue weighted by Crippen LogP contribution is -2.56. The highest BCUT2D eigenvalue weighted by molar-refractivity contribution is 5.87. The summed E-state index contributed by atoms with van der Waals surface area (Å²) in [5.41, 5.74) is -0.225. The standard InChI is InChI=1S/C16H22O4/c1-10(17)16(18)9-8-11-12(19-4)6-7-13(20-5)14(11)15(16,2)3/h6-7,18H,8-9H2,1-5H3. The maximum Gasteiger partial charge on any atom is 0.162 e. The lowest BCUT2D eigenvalue weighted by Gasteiger charge is -2.46. The minimum absolute atomic E-state index is 0.210. The van der Waals surface area contributed by atoms with Crippen LogP contribution in [-0.4, -0.2) is 30.7 Å². The van der Waals surface area contributed by atoms with Crippen LogP contribution >= 0.6 is 0 Å². The molecule has 2 rings (SSSR count). The molecule has 0 saturated heterocycles. The van der Waals surface area contributed by atoms with Crippen molar-refractivity contribution in [3.63, 3.8) is 0 Å². The molecule has 1 aliphatic carbocycles. The van der Waals surface area contributed by atoms with E-state index in [1.165, 1.54) is 6.92 Å². The number of Topliss-reactive ketones (excluding diaryl/α,β-unsaturated/α-hetero) is 1. The Morgan fingerprint density at radius 2 is 1.75 bits per heavy atom. The van der Waals surface area contributed by atoms with Crippen LogP contribution in [0.2, 0.25) is 0 Å². The van der Waals surface area contributed by atoms with E-state index in [1.54, 1.807) is 14.2 Å². The average molecular weight is 278 g/mol. The van der Waals surface area contributed by atoms with E-state index in [1.807, 2.05) is 26.0 Å². The first-order chi connectivity index (χ1) is 9.29. The van der Waals surface area contributed by atoms with Crippen LogP contribution < -0.4 is 9.47 Å². The van der Waals surface area contributed by atoms with Gasteiger partial charge in [-0.3, -0.25) is 4.79 Å². The number of hydrogen-bond acceptors (Lipinski definition) is 4. The lowest BCUT2D eigenvalue weighted by molar-refractivity contribution is -0.144. The van der Waals surface area contributed by atoms with Gasteiger partial charge in [-0.1, -0.05) is 13.8 Å². The number of rotatable bonds is 3. The molecule has 1 aliphatic rings. The number of ether oxygens (including phenoxy) is 2. The lowest BCUT2D eigenvalue weighted by atomic mass is 9.60. The number of ketones is 1. The van der Waals surface area contributed by atoms with Crippen LogP contribution in [0.4, 0.5) is 0 Å². The van der Waals surface area contributed by atoms with Crippen LogP contribution in [0.5, 0.6) is 11.5 Å². The molecule has 1 aromatic rings. The summed E-state index contributed by atoms with van der Waals surface area (Å²) in [5.74, 6) is 1.25. The number of carbonyl (C=O) groups is 1. The van der Waals surface area contributed by atoms with Gasteiger partial charge in [0.05, 0.1) is 14.2 Å². The Bertz CT molecular complexity index is 548. The zero-order chi connectivity index (χ0) is 15.1. The van der Waals surface area contributed by atoms with Crippen LogP contribution in [0, 0.1) is 0 Å². The van der Waals surface area contributed by atoms with Gasteiger partial charge in [0.2, 0.25) is 0 Å². The first kappa shape index (κ1) is 14.9. The molecule has 20 heavy (non-hydrogen) atoms. The van der Waals surface area contributed by atoms with Gasteiger partial charge in [-0.05, 0) is 31.9 Å². The molecule has 0 saturated carbocycles. The summed E-state index contributed by atoms with van der Waals surface area (Å²) in [5, 5.41) is 10.9. The highest BCUT2D eigenvalue weighted by Gasteiger charge is 2.53. The third kappa shape index (κ3) is 1.82. The van der Waals surface area contributed by atoms with Crippen LogP contribution in [0.25, 0.3) is 0 Å². The summed E-state index contributed by atoms with van der Waals surface area (Å²) in [6, 6.07) is 3.69. The van der Waals surface area contributed by atoms with E-state index in [-0.39, 0.29) is 5.78 Å². The Morgan fingerprint density at radius 3 is 2.25 bits per heavy atom. The molecule has 0 amide bonds. The summed E-state index contributed by atoms with van der Waals surface area (Å²) in [6.45, 7) is 5.21. The molecule has 0 spiro atoms. The predicted octanol–water partition coefficient (Wildman–Crippen LogP) is 2.25. The fourth-order valence-corrected chi connectivity index (χ4v) is 3.34. The normalized spacial score (nSPS) is 23.9. The highest BCUT2D eigenvalue weighted by atomic mass is 16.5. The third-order valence-electron chi connectivity index (χ3n) is 4.65. The largest absolute Gasteiger partial charge is 0.496 e. The molecule has 0 bridgehead atoms. The molecule has 0 aliphatic heterocycles. The Hall–Kier alpha value is -1.55. The van der Waals surface area contributed by atoms with E-state index >= 15 is 0 Å². The Kier molecular flexibility index (Phi) is 3.54. The van der Waals surface area contributed by atoms with Gasteiger partial charge in [-0.2, -0.15) is 0 Å². The SMILES string of the molecule is COc1ccc(OC)c2c1CCC(O)(C(C)=O)C2(C)C. The quantitative estimate of drug-likeness (QED) is 0.921. The van der Waals surface area contributed by atoms with Crippen LogP contribution in [-0.2, 0) is 16.6 Å². The highest BCUT2D eigenvalue weighted by Crippen LogP contribution is 2.50. The van der Waals surface area contributed by atoms with Gasteiger partial charge in [-0.25, -0.2) is 0 Å². The Morgan fingerprint density at radius 1 is 1.20 bits per heavy atom. The minimum Gasteiger partial charge on any atom is -0.496 e. The van der Waals surface area contributed by atoms with Crippen LogP contribution in [0.15, 0.2) is 12.1 Å². The minimum atomic E-state index is -1.38. The van der Waals surface area contributed by atoms with Crippen molar-refractivity contribution >= 4 is 5.78 Å². The van der Waals surface area contributed by atoms with Crippen LogP contribution in [0.1, 0.15) is 38.3 Å². The molecule has 0 radical (unpaired) electrons. The van der Waals surface area contributed by atoms with Gasteiger partial charge in [0.15, 0.2) is 5.78 Å². The molecule has 1 N–H and O–H groups in total. The molecule has 1 unspecified atom stereocenters. The van der Waals surface area contributed by atoms with Crippen molar-refractivity contribution in [3.8, 4) is 11.5 Å². The molecular formula is C16H22O4. The number of methoxy groups -OCH3 is 2. The van der Waals surface area contributed by atoms with E-state index in [9.17, 15) is 9.90 Å². The molecule has 0 aromatic heterocycles. The zero-order valence-electron chi connectivity index (χ0n) is 12.7. The topological polar surface area (TPSA) is 55.8 Å². The van der Waals surface area contributed by atoms with E-state index in [4.69, 9.17) is 9.47 Å². The van der Waals surface area contributed by atoms with E-state index in [2.05, 4.69) is 0 Å². The number of fused-ring (bicyclic) bond motifs is 1. The van der Waals surface area contributed by atoms with Crippen molar-refractivity contribution in [1.82, 2.24) is 0 Å². The number of benzene rings is 1. The maximum absolute atomic E-state index is 12.0. The fraction of sp³-hybridized carbons (Fsp3) is 0.562. The van der Waals surface area contributed by atoms with Crippen LogP contribution in [0.3, 0.4) is 0 Å². The molecule has 1 atom stereocenters. The van der Waals surface area contributed by atoms with Crippen molar-refractivity contribution in [2.24, 2.45) is 0 Å². The van der Waals surface area contributed by atoms with E-state index in [0.717, 1.165) is 16.9 Å². The molecule has 4 nitrogen and oxygen atoms in total. The van der Waals surface area contributed by atoms with Gasteiger partial charge in [0.1, 0.15) is 17.1 Å². The number of aliphatic hydroxyl groups is 1. The fourth-order valence-electron chi connectivity index (χ4n) is 3.34. The van der Waals surface area contributed by atoms with E-state index < -0.39 is 11.0 Å². The average Bonchev–Trinajstić information content (AvgIpc) is 2.41. The van der Waals surface area contributed by atoms with Gasteiger partial charge in [-0.15, -0.1) is 0 Å². The molecule has 110 valence electrons. The van der Waals surface area contributed by atoms with Crippen molar-refractivity contribution in [2.45, 2.75) is 44.6 Å². The molecule has 0 fully saturated rings. The van der Waals surface area contributed by atoms with Crippen molar-refractivity contribution in [1.29, 1.82) is 0 Å². The second kappa shape index (κ2) is 4.77. The van der Waals surface area contributed by atoms with Crippen molar-refractivity contribution in [3.05, 3.63) is 23.3 Å². The second-order valence-corrected chi connectivity index (χ2v) is 5.87. The van der Waals surface area contributed by atoms with Crippen molar-refractivity contribution < 1.29 is 19.4 Å². The van der Waals surface area contributed by atoms with Gasteiger partial charge in [0.25, 0.3) is 0 Å². The van der Waals surface area contributed by atoms with Gasteiger partial charge >= 0.3 is 0 Å². The predicted molar refractivity (Wildman–Crippen MR) is 76.5 cm³/mol. The molecule has 4 heteroatoms. The summed E-state index contributed by atoms with van der Waals surface area (Å²) in [7, 11) is 3.22. The van der Waals surface area contributed by atoms with Gasteiger partial charge < -0.3 is 14.6 Å². The summed E-state index contributed by atoms with van der Waals surface area (Å²) < 4.78 is 10.9. The molecule has 1 aromatic carbocycles. The van der Waals surface area contributed by atoms with E-state index in [0.29, 0.717) is 18.6 Å². The number of hydrogen-bond donors (Lipinski definition) is 1. The van der Waals surface area contributed by atoms with Crippen molar-refractivity contribution in [2.75, 3.05) is 14.2 Å². The maximum atomic E-state index is 12.0. The third-order valence-corrected chi connectivity index (χ3v) is 4.65. The molecule has 0 heterocycles.